The molecule has 0 spiro atoms. The van der Waals surface area contributed by atoms with E-state index in [4.69, 9.17) is 22.1 Å². The van der Waals surface area contributed by atoms with Crippen molar-refractivity contribution >= 4 is 23.8 Å². The summed E-state index contributed by atoms with van der Waals surface area (Å²) in [5.41, 5.74) is 8.84. The van der Waals surface area contributed by atoms with Gasteiger partial charge in [0.15, 0.2) is 0 Å². The average Bonchev–Trinajstić information content (AvgIpc) is 2.46. The third-order valence-corrected chi connectivity index (χ3v) is 2.80. The van der Waals surface area contributed by atoms with Crippen LogP contribution in [0, 0.1) is 0 Å². The molecule has 21 heavy (non-hydrogen) atoms. The van der Waals surface area contributed by atoms with Crippen LogP contribution in [-0.2, 0) is 6.61 Å². The minimum atomic E-state index is -0.701. The lowest BCUT2D eigenvalue weighted by atomic mass is 10.2. The highest BCUT2D eigenvalue weighted by molar-refractivity contribution is 6.30. The van der Waals surface area contributed by atoms with Gasteiger partial charge in [0.2, 0.25) is 0 Å². The molecule has 5 nitrogen and oxygen atoms in total. The van der Waals surface area contributed by atoms with Crippen molar-refractivity contribution in [2.75, 3.05) is 0 Å². The number of ether oxygens (including phenoxy) is 1. The Morgan fingerprint density at radius 1 is 1.29 bits per heavy atom. The Hall–Kier alpha value is -2.53. The molecule has 2 aromatic carbocycles. The number of nitrogens with two attached hydrogens (primary N) is 1. The number of carbonyl (C=O) groups is 1. The summed E-state index contributed by atoms with van der Waals surface area (Å²) in [5.74, 6) is 0.731. The van der Waals surface area contributed by atoms with Crippen molar-refractivity contribution in [1.29, 1.82) is 0 Å². The van der Waals surface area contributed by atoms with Gasteiger partial charge >= 0.3 is 6.03 Å². The van der Waals surface area contributed by atoms with E-state index < -0.39 is 6.03 Å². The second kappa shape index (κ2) is 7.31. The van der Waals surface area contributed by atoms with Crippen LogP contribution >= 0.6 is 11.6 Å². The van der Waals surface area contributed by atoms with Crippen molar-refractivity contribution in [1.82, 2.24) is 5.43 Å². The molecule has 0 atom stereocenters. The minimum absolute atomic E-state index is 0.442. The molecule has 0 saturated carbocycles. The van der Waals surface area contributed by atoms with Gasteiger partial charge in [-0.25, -0.2) is 10.2 Å². The quantitative estimate of drug-likeness (QED) is 0.658. The zero-order valence-electron chi connectivity index (χ0n) is 11.1. The van der Waals surface area contributed by atoms with Crippen LogP contribution in [0.2, 0.25) is 5.02 Å². The van der Waals surface area contributed by atoms with Crippen molar-refractivity contribution in [2.24, 2.45) is 10.8 Å². The molecule has 0 heterocycles. The van der Waals surface area contributed by atoms with E-state index in [0.29, 0.717) is 11.6 Å². The summed E-state index contributed by atoms with van der Waals surface area (Å²) < 4.78 is 5.65. The molecule has 0 unspecified atom stereocenters. The first-order chi connectivity index (χ1) is 10.1. The molecular weight excluding hydrogens is 290 g/mol. The molecule has 2 aromatic rings. The van der Waals surface area contributed by atoms with Gasteiger partial charge in [0.1, 0.15) is 12.4 Å². The van der Waals surface area contributed by atoms with Crippen molar-refractivity contribution in [3.8, 4) is 5.75 Å². The number of hydrogen-bond acceptors (Lipinski definition) is 3. The highest BCUT2D eigenvalue weighted by Gasteiger charge is 1.97. The summed E-state index contributed by atoms with van der Waals surface area (Å²) in [7, 11) is 0. The molecule has 0 bridgehead atoms. The van der Waals surface area contributed by atoms with Crippen molar-refractivity contribution < 1.29 is 9.53 Å². The van der Waals surface area contributed by atoms with Gasteiger partial charge in [0, 0.05) is 5.02 Å². The number of hydrogen-bond donors (Lipinski definition) is 2. The van der Waals surface area contributed by atoms with Gasteiger partial charge in [-0.05, 0) is 47.5 Å². The van der Waals surface area contributed by atoms with Crippen LogP contribution < -0.4 is 15.9 Å². The summed E-state index contributed by atoms with van der Waals surface area (Å²) in [5, 5.41) is 4.35. The maximum Gasteiger partial charge on any atom is 0.332 e. The minimum Gasteiger partial charge on any atom is -0.489 e. The summed E-state index contributed by atoms with van der Waals surface area (Å²) >= 11 is 5.91. The van der Waals surface area contributed by atoms with E-state index in [1.165, 1.54) is 6.21 Å². The average molecular weight is 304 g/mol. The third-order valence-electron chi connectivity index (χ3n) is 2.56. The van der Waals surface area contributed by atoms with E-state index in [-0.39, 0.29) is 0 Å². The number of rotatable bonds is 5. The Morgan fingerprint density at radius 2 is 2.05 bits per heavy atom. The smallest absolute Gasteiger partial charge is 0.332 e. The van der Waals surface area contributed by atoms with Gasteiger partial charge in [0.25, 0.3) is 0 Å². The van der Waals surface area contributed by atoms with Crippen LogP contribution in [0.3, 0.4) is 0 Å². The van der Waals surface area contributed by atoms with E-state index in [0.717, 1.165) is 16.9 Å². The van der Waals surface area contributed by atoms with Crippen molar-refractivity contribution in [3.63, 3.8) is 0 Å². The molecule has 0 aliphatic heterocycles. The van der Waals surface area contributed by atoms with Gasteiger partial charge in [-0.15, -0.1) is 0 Å². The van der Waals surface area contributed by atoms with E-state index in [1.54, 1.807) is 0 Å². The monoisotopic (exact) mass is 303 g/mol. The van der Waals surface area contributed by atoms with Crippen molar-refractivity contribution in [3.05, 3.63) is 64.7 Å². The summed E-state index contributed by atoms with van der Waals surface area (Å²) in [6, 6.07) is 14.1. The molecule has 0 aliphatic carbocycles. The van der Waals surface area contributed by atoms with Crippen LogP contribution in [0.1, 0.15) is 11.1 Å². The molecule has 0 fully saturated rings. The summed E-state index contributed by atoms with van der Waals surface area (Å²) in [6.07, 6.45) is 1.49. The zero-order chi connectivity index (χ0) is 15.1. The Morgan fingerprint density at radius 3 is 2.71 bits per heavy atom. The predicted molar refractivity (Wildman–Crippen MR) is 82.5 cm³/mol. The first-order valence-corrected chi connectivity index (χ1v) is 6.57. The van der Waals surface area contributed by atoms with Crippen LogP contribution in [0.15, 0.2) is 53.6 Å². The van der Waals surface area contributed by atoms with Crippen LogP contribution in [0.5, 0.6) is 5.75 Å². The summed E-state index contributed by atoms with van der Waals surface area (Å²) in [6.45, 7) is 0.442. The fraction of sp³-hybridized carbons (Fsp3) is 0.0667. The molecule has 6 heteroatoms. The Balaban J connectivity index is 1.90. The van der Waals surface area contributed by atoms with E-state index in [1.807, 2.05) is 48.5 Å². The lowest BCUT2D eigenvalue weighted by molar-refractivity contribution is 0.249. The summed E-state index contributed by atoms with van der Waals surface area (Å²) in [4.78, 5) is 10.5. The highest BCUT2D eigenvalue weighted by atomic mass is 35.5. The Kier molecular flexibility index (Phi) is 5.17. The van der Waals surface area contributed by atoms with E-state index in [2.05, 4.69) is 10.5 Å². The second-order valence-electron chi connectivity index (χ2n) is 4.22. The molecule has 0 radical (unpaired) electrons. The Bertz CT molecular complexity index is 642. The van der Waals surface area contributed by atoms with E-state index >= 15 is 0 Å². The van der Waals surface area contributed by atoms with Crippen LogP contribution in [-0.4, -0.2) is 12.2 Å². The SMILES string of the molecule is NC(=O)N/N=C/c1ccc(OCc2cccc(Cl)c2)cc1. The number of halogens is 1. The van der Waals surface area contributed by atoms with Gasteiger partial charge in [-0.3, -0.25) is 0 Å². The highest BCUT2D eigenvalue weighted by Crippen LogP contribution is 2.15. The molecule has 2 amide bonds. The number of benzene rings is 2. The Labute approximate surface area is 127 Å². The number of nitrogens with zero attached hydrogens (tertiary/aromatic N) is 1. The standard InChI is InChI=1S/C15H14ClN3O2/c16-13-3-1-2-12(8-13)10-21-14-6-4-11(5-7-14)9-18-19-15(17)20/h1-9H,10H2,(H3,17,19,20)/b18-9+. The van der Waals surface area contributed by atoms with Gasteiger partial charge in [-0.2, -0.15) is 5.10 Å². The second-order valence-corrected chi connectivity index (χ2v) is 4.66. The van der Waals surface area contributed by atoms with E-state index in [9.17, 15) is 4.79 Å². The fourth-order valence-corrected chi connectivity index (χ4v) is 1.83. The maximum absolute atomic E-state index is 10.5. The maximum atomic E-state index is 10.5. The first kappa shape index (κ1) is 14.9. The molecule has 0 aromatic heterocycles. The van der Waals surface area contributed by atoms with Crippen molar-refractivity contribution in [2.45, 2.75) is 6.61 Å². The third kappa shape index (κ3) is 5.16. The normalized spacial score (nSPS) is 10.5. The van der Waals surface area contributed by atoms with Crippen LogP contribution in [0.4, 0.5) is 4.79 Å². The van der Waals surface area contributed by atoms with Gasteiger partial charge in [-0.1, -0.05) is 23.7 Å². The van der Waals surface area contributed by atoms with Gasteiger partial charge < -0.3 is 10.5 Å². The molecule has 0 aliphatic rings. The molecular formula is C15H14ClN3O2. The topological polar surface area (TPSA) is 76.7 Å². The lowest BCUT2D eigenvalue weighted by Crippen LogP contribution is -2.24. The first-order valence-electron chi connectivity index (χ1n) is 6.19. The zero-order valence-corrected chi connectivity index (χ0v) is 11.9. The number of carbonyl (C=O) groups excluding carboxylic acids is 1. The predicted octanol–water partition coefficient (Wildman–Crippen LogP) is 2.92. The number of nitrogens with one attached hydrogen (secondary N) is 1. The molecule has 0 saturated heterocycles. The van der Waals surface area contributed by atoms with Crippen LogP contribution in [0.25, 0.3) is 0 Å². The molecule has 108 valence electrons. The number of urea groups is 1. The number of primary amides is 1. The number of amides is 2. The molecule has 2 rings (SSSR count). The molecule has 3 N–H and O–H groups in total. The lowest BCUT2D eigenvalue weighted by Gasteiger charge is -2.06. The number of hydrazone groups is 1. The fourth-order valence-electron chi connectivity index (χ4n) is 1.61. The largest absolute Gasteiger partial charge is 0.489 e. The van der Waals surface area contributed by atoms with Gasteiger partial charge in [0.05, 0.1) is 6.21 Å².